The summed E-state index contributed by atoms with van der Waals surface area (Å²) in [5.74, 6) is -0.709. The molecule has 0 spiro atoms. The quantitative estimate of drug-likeness (QED) is 0.658. The molecule has 0 aliphatic carbocycles. The van der Waals surface area contributed by atoms with Gasteiger partial charge < -0.3 is 9.47 Å². The van der Waals surface area contributed by atoms with E-state index in [2.05, 4.69) is 4.72 Å². The van der Waals surface area contributed by atoms with E-state index in [9.17, 15) is 17.2 Å². The summed E-state index contributed by atoms with van der Waals surface area (Å²) in [5, 5.41) is 0. The smallest absolute Gasteiger partial charge is 0.264 e. The largest absolute Gasteiger partial charge is 0.497 e. The molecule has 0 aliphatic heterocycles. The molecule has 3 rings (SSSR count). The molecular formula is C20H17F2NO4S. The lowest BCUT2D eigenvalue weighted by Crippen LogP contribution is -2.15. The van der Waals surface area contributed by atoms with Gasteiger partial charge in [0.2, 0.25) is 0 Å². The normalized spacial score (nSPS) is 11.1. The summed E-state index contributed by atoms with van der Waals surface area (Å²) in [6.07, 6.45) is 0. The molecule has 0 aromatic heterocycles. The third-order valence-electron chi connectivity index (χ3n) is 4.04. The highest BCUT2D eigenvalue weighted by atomic mass is 32.2. The number of nitrogens with one attached hydrogen (secondary N) is 1. The standard InChI is InChI=1S/C20H17F2NO4S/c1-26-16-7-3-13(4-8-16)17-12-15(6-10-19(17)27-2)23-28(24,25)20-11-14(21)5-9-18(20)22/h3-12,23H,1-2H3. The Morgan fingerprint density at radius 1 is 0.857 bits per heavy atom. The van der Waals surface area contributed by atoms with E-state index < -0.39 is 26.6 Å². The second-order valence-electron chi connectivity index (χ2n) is 5.82. The molecule has 28 heavy (non-hydrogen) atoms. The van der Waals surface area contributed by atoms with Crippen LogP contribution in [0.15, 0.2) is 65.6 Å². The van der Waals surface area contributed by atoms with Crippen LogP contribution in [-0.2, 0) is 10.0 Å². The lowest BCUT2D eigenvalue weighted by atomic mass is 10.0. The van der Waals surface area contributed by atoms with Crippen LogP contribution in [0.3, 0.4) is 0 Å². The summed E-state index contributed by atoms with van der Waals surface area (Å²) in [6.45, 7) is 0. The first-order valence-electron chi connectivity index (χ1n) is 8.14. The van der Waals surface area contributed by atoms with Gasteiger partial charge >= 0.3 is 0 Å². The number of halogens is 2. The van der Waals surface area contributed by atoms with Crippen molar-refractivity contribution in [2.45, 2.75) is 4.90 Å². The zero-order valence-electron chi connectivity index (χ0n) is 15.1. The minimum absolute atomic E-state index is 0.176. The summed E-state index contributed by atoms with van der Waals surface area (Å²) < 4.78 is 65.0. The number of rotatable bonds is 6. The van der Waals surface area contributed by atoms with E-state index >= 15 is 0 Å². The Morgan fingerprint density at radius 3 is 2.21 bits per heavy atom. The van der Waals surface area contributed by atoms with Crippen molar-refractivity contribution in [2.24, 2.45) is 0 Å². The molecule has 3 aromatic rings. The van der Waals surface area contributed by atoms with Crippen molar-refractivity contribution in [3.05, 3.63) is 72.3 Å². The summed E-state index contributed by atoms with van der Waals surface area (Å²) in [4.78, 5) is -0.769. The van der Waals surface area contributed by atoms with Crippen molar-refractivity contribution in [2.75, 3.05) is 18.9 Å². The number of benzene rings is 3. The molecular weight excluding hydrogens is 388 g/mol. The van der Waals surface area contributed by atoms with E-state index in [1.807, 2.05) is 0 Å². The average molecular weight is 405 g/mol. The molecule has 146 valence electrons. The number of ether oxygens (including phenoxy) is 2. The Morgan fingerprint density at radius 2 is 1.57 bits per heavy atom. The first-order chi connectivity index (χ1) is 13.3. The van der Waals surface area contributed by atoms with E-state index in [0.29, 0.717) is 23.1 Å². The van der Waals surface area contributed by atoms with Crippen molar-refractivity contribution < 1.29 is 26.7 Å². The van der Waals surface area contributed by atoms with Gasteiger partial charge in [0.15, 0.2) is 0 Å². The van der Waals surface area contributed by atoms with Crippen LogP contribution in [0.25, 0.3) is 11.1 Å². The lowest BCUT2D eigenvalue weighted by molar-refractivity contribution is 0.414. The number of hydrogen-bond acceptors (Lipinski definition) is 4. The molecule has 0 unspecified atom stereocenters. The maximum Gasteiger partial charge on any atom is 0.264 e. The second-order valence-corrected chi connectivity index (χ2v) is 7.47. The lowest BCUT2D eigenvalue weighted by Gasteiger charge is -2.14. The van der Waals surface area contributed by atoms with Crippen LogP contribution in [0.2, 0.25) is 0 Å². The van der Waals surface area contributed by atoms with Gasteiger partial charge in [0.25, 0.3) is 10.0 Å². The molecule has 1 N–H and O–H groups in total. The van der Waals surface area contributed by atoms with Gasteiger partial charge in [-0.05, 0) is 54.1 Å². The molecule has 0 atom stereocenters. The summed E-state index contributed by atoms with van der Waals surface area (Å²) in [5.41, 5.74) is 1.55. The van der Waals surface area contributed by atoms with Crippen molar-refractivity contribution in [1.82, 2.24) is 0 Å². The SMILES string of the molecule is COc1ccc(-c2cc(NS(=O)(=O)c3cc(F)ccc3F)ccc2OC)cc1. The van der Waals surface area contributed by atoms with Gasteiger partial charge in [0, 0.05) is 11.3 Å². The summed E-state index contributed by atoms with van der Waals surface area (Å²) in [7, 11) is -1.28. The molecule has 0 amide bonds. The van der Waals surface area contributed by atoms with Gasteiger partial charge in [-0.3, -0.25) is 4.72 Å². The fraction of sp³-hybridized carbons (Fsp3) is 0.100. The van der Waals surface area contributed by atoms with Gasteiger partial charge in [0.05, 0.1) is 14.2 Å². The Kier molecular flexibility index (Phi) is 5.51. The zero-order valence-corrected chi connectivity index (χ0v) is 15.9. The van der Waals surface area contributed by atoms with Gasteiger partial charge in [-0.2, -0.15) is 0 Å². The van der Waals surface area contributed by atoms with E-state index in [1.54, 1.807) is 43.5 Å². The maximum absolute atomic E-state index is 13.9. The van der Waals surface area contributed by atoms with Crippen LogP contribution in [0.5, 0.6) is 11.5 Å². The van der Waals surface area contributed by atoms with Crippen molar-refractivity contribution in [3.8, 4) is 22.6 Å². The Hall–Kier alpha value is -3.13. The minimum Gasteiger partial charge on any atom is -0.497 e. The van der Waals surface area contributed by atoms with Crippen LogP contribution in [0, 0.1) is 11.6 Å². The number of sulfonamides is 1. The highest BCUT2D eigenvalue weighted by Crippen LogP contribution is 2.34. The fourth-order valence-electron chi connectivity index (χ4n) is 2.66. The van der Waals surface area contributed by atoms with E-state index in [0.717, 1.165) is 17.7 Å². The predicted molar refractivity (Wildman–Crippen MR) is 102 cm³/mol. The molecule has 0 bridgehead atoms. The van der Waals surface area contributed by atoms with Crippen molar-refractivity contribution in [1.29, 1.82) is 0 Å². The van der Waals surface area contributed by atoms with Crippen LogP contribution in [0.4, 0.5) is 14.5 Å². The molecule has 0 heterocycles. The van der Waals surface area contributed by atoms with Crippen LogP contribution in [-0.4, -0.2) is 22.6 Å². The molecule has 0 fully saturated rings. The monoisotopic (exact) mass is 405 g/mol. The van der Waals surface area contributed by atoms with Crippen molar-refractivity contribution >= 4 is 15.7 Å². The third-order valence-corrected chi connectivity index (χ3v) is 5.43. The van der Waals surface area contributed by atoms with E-state index in [1.165, 1.54) is 13.2 Å². The Labute approximate surface area is 161 Å². The van der Waals surface area contributed by atoms with E-state index in [4.69, 9.17) is 9.47 Å². The Balaban J connectivity index is 2.00. The predicted octanol–water partition coefficient (Wildman–Crippen LogP) is 4.45. The first-order valence-corrected chi connectivity index (χ1v) is 9.62. The van der Waals surface area contributed by atoms with Gasteiger partial charge in [0.1, 0.15) is 28.0 Å². The first kappa shape index (κ1) is 19.6. The molecule has 3 aromatic carbocycles. The van der Waals surface area contributed by atoms with Gasteiger partial charge in [-0.1, -0.05) is 12.1 Å². The molecule has 0 aliphatic rings. The summed E-state index contributed by atoms with van der Waals surface area (Å²) >= 11 is 0. The number of anilines is 1. The zero-order chi connectivity index (χ0) is 20.3. The van der Waals surface area contributed by atoms with Gasteiger partial charge in [-0.15, -0.1) is 0 Å². The van der Waals surface area contributed by atoms with Crippen LogP contribution in [0.1, 0.15) is 0 Å². The minimum atomic E-state index is -4.32. The molecule has 8 heteroatoms. The molecule has 0 saturated heterocycles. The fourth-order valence-corrected chi connectivity index (χ4v) is 3.80. The molecule has 0 radical (unpaired) electrons. The topological polar surface area (TPSA) is 64.6 Å². The molecule has 5 nitrogen and oxygen atoms in total. The number of methoxy groups -OCH3 is 2. The maximum atomic E-state index is 13.9. The second kappa shape index (κ2) is 7.85. The van der Waals surface area contributed by atoms with Gasteiger partial charge in [-0.25, -0.2) is 17.2 Å². The average Bonchev–Trinajstić information content (AvgIpc) is 2.69. The van der Waals surface area contributed by atoms with Crippen LogP contribution < -0.4 is 14.2 Å². The van der Waals surface area contributed by atoms with Crippen LogP contribution >= 0.6 is 0 Å². The highest BCUT2D eigenvalue weighted by molar-refractivity contribution is 7.92. The number of hydrogen-bond donors (Lipinski definition) is 1. The Bertz CT molecular complexity index is 1100. The third kappa shape index (κ3) is 4.07. The van der Waals surface area contributed by atoms with Crippen molar-refractivity contribution in [3.63, 3.8) is 0 Å². The highest BCUT2D eigenvalue weighted by Gasteiger charge is 2.21. The summed E-state index contributed by atoms with van der Waals surface area (Å²) in [6, 6.07) is 14.0. The molecule has 0 saturated carbocycles. The van der Waals surface area contributed by atoms with E-state index in [-0.39, 0.29) is 5.69 Å².